The Bertz CT molecular complexity index is 182. The lowest BCUT2D eigenvalue weighted by atomic mass is 10.0. The fraction of sp³-hybridized carbons (Fsp3) is 0.909. The lowest BCUT2D eigenvalue weighted by Crippen LogP contribution is -2.44. The number of aliphatic carboxylic acids is 1. The molecule has 0 rings (SSSR count). The molecular formula is C11H23NO2. The van der Waals surface area contributed by atoms with Gasteiger partial charge in [-0.15, -0.1) is 0 Å². The third-order valence-corrected chi connectivity index (χ3v) is 2.13. The Morgan fingerprint density at radius 1 is 1.36 bits per heavy atom. The fourth-order valence-electron chi connectivity index (χ4n) is 1.37. The molecule has 0 saturated carbocycles. The molecule has 0 atom stereocenters. The van der Waals surface area contributed by atoms with Gasteiger partial charge in [0.05, 0.1) is 6.42 Å². The maximum absolute atomic E-state index is 10.5. The minimum Gasteiger partial charge on any atom is -0.481 e. The Morgan fingerprint density at radius 3 is 2.14 bits per heavy atom. The summed E-state index contributed by atoms with van der Waals surface area (Å²) in [5.74, 6) is -0.147. The Hall–Kier alpha value is -0.570. The first-order chi connectivity index (χ1) is 6.23. The van der Waals surface area contributed by atoms with E-state index in [2.05, 4.69) is 39.5 Å². The highest BCUT2D eigenvalue weighted by molar-refractivity contribution is 5.66. The number of carboxylic acid groups (broad SMARTS) is 1. The molecule has 0 aliphatic rings. The number of rotatable bonds is 5. The van der Waals surface area contributed by atoms with E-state index in [0.29, 0.717) is 12.5 Å². The van der Waals surface area contributed by atoms with Gasteiger partial charge in [-0.3, -0.25) is 9.69 Å². The van der Waals surface area contributed by atoms with Crippen molar-refractivity contribution in [1.82, 2.24) is 4.90 Å². The van der Waals surface area contributed by atoms with Crippen LogP contribution < -0.4 is 0 Å². The molecule has 0 aromatic carbocycles. The minimum absolute atomic E-state index is 0.0553. The number of carbonyl (C=O) groups is 1. The third kappa shape index (κ3) is 5.97. The van der Waals surface area contributed by atoms with Gasteiger partial charge < -0.3 is 5.11 Å². The minimum atomic E-state index is -0.719. The lowest BCUT2D eigenvalue weighted by Gasteiger charge is -2.36. The summed E-state index contributed by atoms with van der Waals surface area (Å²) in [6.07, 6.45) is 0.226. The molecule has 0 radical (unpaired) electrons. The second kappa shape index (κ2) is 5.35. The van der Waals surface area contributed by atoms with Gasteiger partial charge in [0.1, 0.15) is 0 Å². The summed E-state index contributed by atoms with van der Waals surface area (Å²) >= 11 is 0. The van der Waals surface area contributed by atoms with Crippen LogP contribution in [0.5, 0.6) is 0 Å². The summed E-state index contributed by atoms with van der Waals surface area (Å²) in [4.78, 5) is 12.7. The van der Waals surface area contributed by atoms with Crippen molar-refractivity contribution >= 4 is 5.97 Å². The maximum atomic E-state index is 10.5. The van der Waals surface area contributed by atoms with E-state index in [9.17, 15) is 4.79 Å². The molecule has 14 heavy (non-hydrogen) atoms. The topological polar surface area (TPSA) is 40.5 Å². The van der Waals surface area contributed by atoms with Gasteiger partial charge in [-0.2, -0.15) is 0 Å². The standard InChI is InChI=1S/C11H23NO2/c1-9(2)8-12(11(3,4)5)7-6-10(13)14/h9H,6-8H2,1-5H3,(H,13,14). The van der Waals surface area contributed by atoms with Crippen molar-refractivity contribution in [2.24, 2.45) is 5.92 Å². The van der Waals surface area contributed by atoms with Crippen molar-refractivity contribution in [2.75, 3.05) is 13.1 Å². The number of hydrogen-bond acceptors (Lipinski definition) is 2. The SMILES string of the molecule is CC(C)CN(CCC(=O)O)C(C)(C)C. The molecule has 0 heterocycles. The molecule has 0 aromatic rings. The zero-order valence-corrected chi connectivity index (χ0v) is 10.0. The highest BCUT2D eigenvalue weighted by Crippen LogP contribution is 2.15. The Morgan fingerprint density at radius 2 is 1.86 bits per heavy atom. The molecule has 84 valence electrons. The maximum Gasteiger partial charge on any atom is 0.304 e. The molecule has 3 heteroatoms. The Kier molecular flexibility index (Phi) is 5.13. The van der Waals surface area contributed by atoms with E-state index in [4.69, 9.17) is 5.11 Å². The van der Waals surface area contributed by atoms with Crippen LogP contribution in [0.1, 0.15) is 41.0 Å². The Balaban J connectivity index is 4.19. The van der Waals surface area contributed by atoms with E-state index in [0.717, 1.165) is 6.54 Å². The molecule has 0 amide bonds. The normalized spacial score (nSPS) is 12.5. The zero-order valence-electron chi connectivity index (χ0n) is 10.0. The van der Waals surface area contributed by atoms with Crippen LogP contribution >= 0.6 is 0 Å². The summed E-state index contributed by atoms with van der Waals surface area (Å²) in [7, 11) is 0. The van der Waals surface area contributed by atoms with Crippen molar-refractivity contribution in [3.8, 4) is 0 Å². The second-order valence-corrected chi connectivity index (χ2v) is 5.15. The molecule has 1 N–H and O–H groups in total. The molecule has 3 nitrogen and oxygen atoms in total. The van der Waals surface area contributed by atoms with Crippen LogP contribution in [-0.2, 0) is 4.79 Å². The van der Waals surface area contributed by atoms with E-state index in [1.54, 1.807) is 0 Å². The predicted molar refractivity (Wildman–Crippen MR) is 58.4 cm³/mol. The fourth-order valence-corrected chi connectivity index (χ4v) is 1.37. The highest BCUT2D eigenvalue weighted by Gasteiger charge is 2.22. The molecule has 0 spiro atoms. The average Bonchev–Trinajstić information content (AvgIpc) is 1.94. The average molecular weight is 201 g/mol. The molecule has 0 fully saturated rings. The van der Waals surface area contributed by atoms with E-state index < -0.39 is 5.97 Å². The van der Waals surface area contributed by atoms with Crippen molar-refractivity contribution in [1.29, 1.82) is 0 Å². The third-order valence-electron chi connectivity index (χ3n) is 2.13. The largest absolute Gasteiger partial charge is 0.481 e. The van der Waals surface area contributed by atoms with Gasteiger partial charge >= 0.3 is 5.97 Å². The summed E-state index contributed by atoms with van der Waals surface area (Å²) in [5.41, 5.74) is 0.0553. The van der Waals surface area contributed by atoms with Gasteiger partial charge in [0.15, 0.2) is 0 Å². The summed E-state index contributed by atoms with van der Waals surface area (Å²) < 4.78 is 0. The van der Waals surface area contributed by atoms with Crippen LogP contribution in [0.4, 0.5) is 0 Å². The van der Waals surface area contributed by atoms with Crippen LogP contribution in [0.2, 0.25) is 0 Å². The summed E-state index contributed by atoms with van der Waals surface area (Å²) in [6, 6.07) is 0. The van der Waals surface area contributed by atoms with Crippen LogP contribution in [0, 0.1) is 5.92 Å². The monoisotopic (exact) mass is 201 g/mol. The van der Waals surface area contributed by atoms with Crippen molar-refractivity contribution in [3.63, 3.8) is 0 Å². The van der Waals surface area contributed by atoms with E-state index >= 15 is 0 Å². The van der Waals surface area contributed by atoms with Crippen molar-refractivity contribution in [3.05, 3.63) is 0 Å². The number of nitrogens with zero attached hydrogens (tertiary/aromatic N) is 1. The number of carboxylic acids is 1. The van der Waals surface area contributed by atoms with Gasteiger partial charge in [0, 0.05) is 18.6 Å². The van der Waals surface area contributed by atoms with Crippen LogP contribution in [-0.4, -0.2) is 34.6 Å². The van der Waals surface area contributed by atoms with E-state index in [1.165, 1.54) is 0 Å². The van der Waals surface area contributed by atoms with Gasteiger partial charge in [-0.05, 0) is 26.7 Å². The first kappa shape index (κ1) is 13.4. The van der Waals surface area contributed by atoms with E-state index in [1.807, 2.05) is 0 Å². The van der Waals surface area contributed by atoms with Crippen molar-refractivity contribution in [2.45, 2.75) is 46.6 Å². The second-order valence-electron chi connectivity index (χ2n) is 5.15. The molecule has 0 unspecified atom stereocenters. The molecular weight excluding hydrogens is 178 g/mol. The molecule has 0 aliphatic heterocycles. The van der Waals surface area contributed by atoms with E-state index in [-0.39, 0.29) is 12.0 Å². The van der Waals surface area contributed by atoms with Gasteiger partial charge in [0.2, 0.25) is 0 Å². The Labute approximate surface area is 87.1 Å². The molecule has 0 aliphatic carbocycles. The van der Waals surface area contributed by atoms with Gasteiger partial charge in [0.25, 0.3) is 0 Å². The highest BCUT2D eigenvalue weighted by atomic mass is 16.4. The summed E-state index contributed by atoms with van der Waals surface area (Å²) in [5, 5.41) is 8.64. The van der Waals surface area contributed by atoms with Gasteiger partial charge in [-0.25, -0.2) is 0 Å². The van der Waals surface area contributed by atoms with Crippen LogP contribution in [0.25, 0.3) is 0 Å². The zero-order chi connectivity index (χ0) is 11.4. The summed E-state index contributed by atoms with van der Waals surface area (Å²) in [6.45, 7) is 12.3. The smallest absolute Gasteiger partial charge is 0.304 e. The predicted octanol–water partition coefficient (Wildman–Crippen LogP) is 2.22. The molecule has 0 bridgehead atoms. The van der Waals surface area contributed by atoms with Crippen molar-refractivity contribution < 1.29 is 9.90 Å². The number of hydrogen-bond donors (Lipinski definition) is 1. The van der Waals surface area contributed by atoms with Gasteiger partial charge in [-0.1, -0.05) is 13.8 Å². The van der Waals surface area contributed by atoms with Crippen LogP contribution in [0.15, 0.2) is 0 Å². The van der Waals surface area contributed by atoms with Crippen LogP contribution in [0.3, 0.4) is 0 Å². The quantitative estimate of drug-likeness (QED) is 0.741. The first-order valence-electron chi connectivity index (χ1n) is 5.20. The molecule has 0 aromatic heterocycles. The lowest BCUT2D eigenvalue weighted by molar-refractivity contribution is -0.137. The first-order valence-corrected chi connectivity index (χ1v) is 5.20. The molecule has 0 saturated heterocycles.